The van der Waals surface area contributed by atoms with Crippen LogP contribution in [-0.4, -0.2) is 29.3 Å². The topological polar surface area (TPSA) is 77.2 Å². The van der Waals surface area contributed by atoms with Crippen LogP contribution in [0.1, 0.15) is 31.0 Å². The van der Waals surface area contributed by atoms with E-state index in [1.807, 2.05) is 30.3 Å². The Balaban J connectivity index is 1.60. The van der Waals surface area contributed by atoms with E-state index in [0.29, 0.717) is 30.8 Å². The van der Waals surface area contributed by atoms with Gasteiger partial charge in [0.1, 0.15) is 0 Å². The highest BCUT2D eigenvalue weighted by atomic mass is 16.5. The monoisotopic (exact) mass is 301 g/mol. The second-order valence-corrected chi connectivity index (χ2v) is 5.59. The number of benzene rings is 1. The lowest BCUT2D eigenvalue weighted by atomic mass is 9.90. The Hall–Kier alpha value is -2.21. The van der Waals surface area contributed by atoms with E-state index in [4.69, 9.17) is 9.26 Å². The van der Waals surface area contributed by atoms with Crippen molar-refractivity contribution in [3.63, 3.8) is 0 Å². The van der Waals surface area contributed by atoms with E-state index in [2.05, 4.69) is 22.4 Å². The normalized spacial score (nSPS) is 21.5. The predicted octanol–water partition coefficient (Wildman–Crippen LogP) is 2.39. The third-order valence-electron chi connectivity index (χ3n) is 3.82. The van der Waals surface area contributed by atoms with Crippen LogP contribution >= 0.6 is 0 Å². The van der Waals surface area contributed by atoms with Crippen LogP contribution in [-0.2, 0) is 16.0 Å². The molecule has 0 aliphatic carbocycles. The minimum atomic E-state index is -0.154. The Morgan fingerprint density at radius 2 is 2.18 bits per heavy atom. The van der Waals surface area contributed by atoms with E-state index < -0.39 is 0 Å². The molecule has 2 aromatic rings. The van der Waals surface area contributed by atoms with Gasteiger partial charge < -0.3 is 14.6 Å². The summed E-state index contributed by atoms with van der Waals surface area (Å²) >= 11 is 0. The number of aromatic nitrogens is 2. The fourth-order valence-electron chi connectivity index (χ4n) is 2.61. The van der Waals surface area contributed by atoms with Gasteiger partial charge in [0.2, 0.25) is 11.8 Å². The number of nitrogens with zero attached hydrogens (tertiary/aromatic N) is 2. The van der Waals surface area contributed by atoms with Crippen LogP contribution in [0.3, 0.4) is 0 Å². The average molecular weight is 301 g/mol. The Labute approximate surface area is 128 Å². The summed E-state index contributed by atoms with van der Waals surface area (Å²) in [6.07, 6.45) is 0.981. The molecular formula is C16H19N3O3. The maximum absolute atomic E-state index is 12.0. The summed E-state index contributed by atoms with van der Waals surface area (Å²) in [7, 11) is 0. The minimum absolute atomic E-state index is 0.107. The first-order valence-corrected chi connectivity index (χ1v) is 7.47. The summed E-state index contributed by atoms with van der Waals surface area (Å²) in [5, 5.41) is 6.73. The molecule has 1 aliphatic heterocycles. The van der Waals surface area contributed by atoms with Crippen molar-refractivity contribution in [1.29, 1.82) is 0 Å². The number of anilines is 1. The predicted molar refractivity (Wildman–Crippen MR) is 80.4 cm³/mol. The molecule has 2 heterocycles. The summed E-state index contributed by atoms with van der Waals surface area (Å²) in [5.41, 5.74) is 0.759. The largest absolute Gasteiger partial charge is 0.381 e. The summed E-state index contributed by atoms with van der Waals surface area (Å²) < 4.78 is 10.7. The number of hydrogen-bond donors (Lipinski definition) is 1. The summed E-state index contributed by atoms with van der Waals surface area (Å²) in [5.74, 6) is 1.44. The Bertz CT molecular complexity index is 627. The number of nitrogens with one attached hydrogen (secondary N) is 1. The molecule has 1 aliphatic rings. The standard InChI is InChI=1S/C16H19N3O3/c1-11-10-21-8-7-13(11)16-18-14(19-22-16)9-15(20)17-12-5-3-2-4-6-12/h2-6,11,13H,7-10H2,1H3,(H,17,20)/t11-,13+/m1/s1. The van der Waals surface area contributed by atoms with E-state index in [0.717, 1.165) is 12.1 Å². The lowest BCUT2D eigenvalue weighted by Gasteiger charge is -2.25. The smallest absolute Gasteiger partial charge is 0.232 e. The number of hydrogen-bond acceptors (Lipinski definition) is 5. The molecule has 1 saturated heterocycles. The van der Waals surface area contributed by atoms with Gasteiger partial charge in [-0.2, -0.15) is 4.98 Å². The Morgan fingerprint density at radius 1 is 1.36 bits per heavy atom. The minimum Gasteiger partial charge on any atom is -0.381 e. The van der Waals surface area contributed by atoms with E-state index in [-0.39, 0.29) is 18.2 Å². The van der Waals surface area contributed by atoms with Crippen LogP contribution in [0.5, 0.6) is 0 Å². The molecule has 1 fully saturated rings. The van der Waals surface area contributed by atoms with Gasteiger partial charge in [-0.05, 0) is 24.5 Å². The summed E-state index contributed by atoms with van der Waals surface area (Å²) in [4.78, 5) is 16.4. The Kier molecular flexibility index (Phi) is 4.48. The van der Waals surface area contributed by atoms with E-state index in [1.165, 1.54) is 0 Å². The van der Waals surface area contributed by atoms with Crippen molar-refractivity contribution >= 4 is 11.6 Å². The van der Waals surface area contributed by atoms with Crippen molar-refractivity contribution in [2.24, 2.45) is 5.92 Å². The zero-order valence-electron chi connectivity index (χ0n) is 12.5. The second kappa shape index (κ2) is 6.70. The second-order valence-electron chi connectivity index (χ2n) is 5.59. The van der Waals surface area contributed by atoms with Gasteiger partial charge in [0, 0.05) is 24.8 Å². The highest BCUT2D eigenvalue weighted by molar-refractivity contribution is 5.91. The molecule has 1 amide bonds. The van der Waals surface area contributed by atoms with Gasteiger partial charge in [-0.15, -0.1) is 0 Å². The van der Waals surface area contributed by atoms with Crippen LogP contribution < -0.4 is 5.32 Å². The van der Waals surface area contributed by atoms with Crippen molar-refractivity contribution in [2.75, 3.05) is 18.5 Å². The van der Waals surface area contributed by atoms with Crippen molar-refractivity contribution in [2.45, 2.75) is 25.7 Å². The number of rotatable bonds is 4. The summed E-state index contributed by atoms with van der Waals surface area (Å²) in [6, 6.07) is 9.31. The van der Waals surface area contributed by atoms with Crippen LogP contribution in [0.4, 0.5) is 5.69 Å². The van der Waals surface area contributed by atoms with Crippen molar-refractivity contribution < 1.29 is 14.1 Å². The quantitative estimate of drug-likeness (QED) is 0.938. The van der Waals surface area contributed by atoms with Gasteiger partial charge in [0.25, 0.3) is 0 Å². The molecule has 0 radical (unpaired) electrons. The maximum Gasteiger partial charge on any atom is 0.232 e. The van der Waals surface area contributed by atoms with Gasteiger partial charge in [0.15, 0.2) is 5.82 Å². The Morgan fingerprint density at radius 3 is 2.95 bits per heavy atom. The number of para-hydroxylation sites is 1. The van der Waals surface area contributed by atoms with Crippen LogP contribution in [0.15, 0.2) is 34.9 Å². The van der Waals surface area contributed by atoms with E-state index >= 15 is 0 Å². The molecule has 0 unspecified atom stereocenters. The molecule has 1 N–H and O–H groups in total. The van der Waals surface area contributed by atoms with Crippen LogP contribution in [0, 0.1) is 5.92 Å². The first-order chi connectivity index (χ1) is 10.7. The zero-order chi connectivity index (χ0) is 15.4. The fourth-order valence-corrected chi connectivity index (χ4v) is 2.61. The number of carbonyl (C=O) groups excluding carboxylic acids is 1. The molecule has 0 bridgehead atoms. The summed E-state index contributed by atoms with van der Waals surface area (Å²) in [6.45, 7) is 3.52. The average Bonchev–Trinajstić information content (AvgIpc) is 2.97. The highest BCUT2D eigenvalue weighted by Gasteiger charge is 2.28. The molecule has 1 aromatic heterocycles. The molecule has 22 heavy (non-hydrogen) atoms. The zero-order valence-corrected chi connectivity index (χ0v) is 12.5. The molecular weight excluding hydrogens is 282 g/mol. The van der Waals surface area contributed by atoms with E-state index in [1.54, 1.807) is 0 Å². The van der Waals surface area contributed by atoms with Gasteiger partial charge in [-0.25, -0.2) is 0 Å². The first-order valence-electron chi connectivity index (χ1n) is 7.47. The molecule has 116 valence electrons. The van der Waals surface area contributed by atoms with Gasteiger partial charge in [0.05, 0.1) is 6.42 Å². The number of carbonyl (C=O) groups is 1. The SMILES string of the molecule is C[C@@H]1COCC[C@@H]1c1nc(CC(=O)Nc2ccccc2)no1. The van der Waals surface area contributed by atoms with Crippen molar-refractivity contribution in [1.82, 2.24) is 10.1 Å². The highest BCUT2D eigenvalue weighted by Crippen LogP contribution is 2.30. The third-order valence-corrected chi connectivity index (χ3v) is 3.82. The van der Waals surface area contributed by atoms with Crippen molar-refractivity contribution in [3.8, 4) is 0 Å². The van der Waals surface area contributed by atoms with Crippen molar-refractivity contribution in [3.05, 3.63) is 42.0 Å². The molecule has 0 spiro atoms. The number of amides is 1. The number of ether oxygens (including phenoxy) is 1. The van der Waals surface area contributed by atoms with Crippen LogP contribution in [0.25, 0.3) is 0 Å². The molecule has 2 atom stereocenters. The molecule has 3 rings (SSSR count). The van der Waals surface area contributed by atoms with Gasteiger partial charge in [-0.1, -0.05) is 30.3 Å². The molecule has 6 nitrogen and oxygen atoms in total. The molecule has 0 saturated carbocycles. The van der Waals surface area contributed by atoms with Crippen LogP contribution in [0.2, 0.25) is 0 Å². The maximum atomic E-state index is 12.0. The lowest BCUT2D eigenvalue weighted by Crippen LogP contribution is -2.23. The lowest BCUT2D eigenvalue weighted by molar-refractivity contribution is -0.115. The fraction of sp³-hybridized carbons (Fsp3) is 0.438. The molecule has 1 aromatic carbocycles. The third kappa shape index (κ3) is 3.51. The first kappa shape index (κ1) is 14.7. The molecule has 6 heteroatoms. The van der Waals surface area contributed by atoms with Gasteiger partial charge in [-0.3, -0.25) is 4.79 Å². The van der Waals surface area contributed by atoms with E-state index in [9.17, 15) is 4.79 Å². The van der Waals surface area contributed by atoms with Gasteiger partial charge >= 0.3 is 0 Å².